The molecule has 1 aliphatic carbocycles. The Morgan fingerprint density at radius 2 is 2.13 bits per heavy atom. The maximum Gasteiger partial charge on any atom is 0.124 e. The van der Waals surface area contributed by atoms with Crippen molar-refractivity contribution in [1.29, 1.82) is 0 Å². The van der Waals surface area contributed by atoms with Crippen LogP contribution in [0, 0.1) is 5.92 Å². The summed E-state index contributed by atoms with van der Waals surface area (Å²) in [7, 11) is 1.58. The zero-order valence-electron chi connectivity index (χ0n) is 8.64. The summed E-state index contributed by atoms with van der Waals surface area (Å²) >= 11 is 0. The van der Waals surface area contributed by atoms with Gasteiger partial charge in [0.25, 0.3) is 0 Å². The molecule has 1 aliphatic rings. The van der Waals surface area contributed by atoms with E-state index in [0.29, 0.717) is 11.7 Å². The van der Waals surface area contributed by atoms with Crippen LogP contribution in [0.25, 0.3) is 0 Å². The Labute approximate surface area is 95.7 Å². The summed E-state index contributed by atoms with van der Waals surface area (Å²) in [6.45, 7) is 0. The third-order valence-electron chi connectivity index (χ3n) is 2.73. The zero-order valence-corrected chi connectivity index (χ0v) is 9.46. The number of halogens is 1. The van der Waals surface area contributed by atoms with Crippen molar-refractivity contribution in [2.45, 2.75) is 18.9 Å². The van der Waals surface area contributed by atoms with Gasteiger partial charge in [0, 0.05) is 17.7 Å². The lowest BCUT2D eigenvalue weighted by Crippen LogP contribution is -2.12. The molecule has 0 amide bonds. The van der Waals surface area contributed by atoms with Gasteiger partial charge in [0.15, 0.2) is 0 Å². The number of phenolic OH excluding ortho intramolecular Hbond substituents is 1. The van der Waals surface area contributed by atoms with Gasteiger partial charge in [-0.2, -0.15) is 0 Å². The number of rotatable bonds is 3. The van der Waals surface area contributed by atoms with Crippen LogP contribution in [0.15, 0.2) is 18.2 Å². The van der Waals surface area contributed by atoms with Crippen molar-refractivity contribution in [3.63, 3.8) is 0 Å². The molecular weight excluding hydrogens is 214 g/mol. The van der Waals surface area contributed by atoms with Gasteiger partial charge in [0.2, 0.25) is 0 Å². The lowest BCUT2D eigenvalue weighted by molar-refractivity contribution is 0.404. The highest BCUT2D eigenvalue weighted by atomic mass is 35.5. The Bertz CT molecular complexity index is 339. The highest BCUT2D eigenvalue weighted by molar-refractivity contribution is 5.85. The van der Waals surface area contributed by atoms with E-state index in [2.05, 4.69) is 0 Å². The fraction of sp³-hybridized carbons (Fsp3) is 0.455. The number of hydrogen-bond acceptors (Lipinski definition) is 3. The standard InChI is InChI=1S/C11H15NO2.ClH/c1-14-8-4-5-9(10(13)6-8)11(12)7-2-3-7;/h4-7,11,13H,2-3,12H2,1H3;1H/t11-;/m1./s1. The molecule has 0 saturated heterocycles. The number of aromatic hydroxyl groups is 1. The highest BCUT2D eigenvalue weighted by Gasteiger charge is 2.30. The van der Waals surface area contributed by atoms with Crippen LogP contribution < -0.4 is 10.5 Å². The van der Waals surface area contributed by atoms with Crippen molar-refractivity contribution in [1.82, 2.24) is 0 Å². The van der Waals surface area contributed by atoms with Gasteiger partial charge in [0.05, 0.1) is 7.11 Å². The number of benzene rings is 1. The van der Waals surface area contributed by atoms with Crippen molar-refractivity contribution >= 4 is 12.4 Å². The van der Waals surface area contributed by atoms with Crippen LogP contribution >= 0.6 is 12.4 Å². The summed E-state index contributed by atoms with van der Waals surface area (Å²) < 4.78 is 5.01. The summed E-state index contributed by atoms with van der Waals surface area (Å²) in [6.07, 6.45) is 2.35. The van der Waals surface area contributed by atoms with Gasteiger partial charge in [-0.1, -0.05) is 6.07 Å². The molecule has 1 aromatic rings. The van der Waals surface area contributed by atoms with Crippen molar-refractivity contribution in [3.8, 4) is 11.5 Å². The van der Waals surface area contributed by atoms with E-state index in [1.807, 2.05) is 12.1 Å². The average Bonchev–Trinajstić information content (AvgIpc) is 3.00. The molecule has 0 spiro atoms. The molecule has 0 aromatic heterocycles. The van der Waals surface area contributed by atoms with Crippen molar-refractivity contribution in [2.24, 2.45) is 11.7 Å². The molecule has 0 heterocycles. The maximum atomic E-state index is 9.71. The monoisotopic (exact) mass is 229 g/mol. The van der Waals surface area contributed by atoms with E-state index in [1.165, 1.54) is 12.8 Å². The summed E-state index contributed by atoms with van der Waals surface area (Å²) in [6, 6.07) is 5.26. The third kappa shape index (κ3) is 2.55. The lowest BCUT2D eigenvalue weighted by atomic mass is 10.0. The van der Waals surface area contributed by atoms with Crippen LogP contribution in [0.1, 0.15) is 24.4 Å². The van der Waals surface area contributed by atoms with Gasteiger partial charge in [0.1, 0.15) is 11.5 Å². The summed E-state index contributed by atoms with van der Waals surface area (Å²) in [5.74, 6) is 1.45. The highest BCUT2D eigenvalue weighted by Crippen LogP contribution is 2.42. The molecule has 3 N–H and O–H groups in total. The van der Waals surface area contributed by atoms with Gasteiger partial charge >= 0.3 is 0 Å². The van der Waals surface area contributed by atoms with E-state index in [0.717, 1.165) is 5.56 Å². The molecule has 1 aromatic carbocycles. The zero-order chi connectivity index (χ0) is 10.1. The molecule has 2 rings (SSSR count). The topological polar surface area (TPSA) is 55.5 Å². The van der Waals surface area contributed by atoms with E-state index in [4.69, 9.17) is 10.5 Å². The molecule has 0 radical (unpaired) electrons. The van der Waals surface area contributed by atoms with Crippen molar-refractivity contribution < 1.29 is 9.84 Å². The first kappa shape index (κ1) is 12.1. The number of hydrogen-bond donors (Lipinski definition) is 2. The fourth-order valence-corrected chi connectivity index (χ4v) is 1.64. The maximum absolute atomic E-state index is 9.71. The number of phenols is 1. The van der Waals surface area contributed by atoms with Gasteiger partial charge in [-0.3, -0.25) is 0 Å². The molecule has 84 valence electrons. The Balaban J connectivity index is 0.00000112. The van der Waals surface area contributed by atoms with Crippen molar-refractivity contribution in [2.75, 3.05) is 7.11 Å². The van der Waals surface area contributed by atoms with Crippen LogP contribution in [0.2, 0.25) is 0 Å². The van der Waals surface area contributed by atoms with Gasteiger partial charge < -0.3 is 15.6 Å². The lowest BCUT2D eigenvalue weighted by Gasteiger charge is -2.13. The normalized spacial score (nSPS) is 16.7. The molecule has 1 atom stereocenters. The van der Waals surface area contributed by atoms with Crippen LogP contribution in [-0.4, -0.2) is 12.2 Å². The molecule has 3 nitrogen and oxygen atoms in total. The number of ether oxygens (including phenoxy) is 1. The Hall–Kier alpha value is -0.930. The average molecular weight is 230 g/mol. The van der Waals surface area contributed by atoms with Crippen LogP contribution in [0.3, 0.4) is 0 Å². The Morgan fingerprint density at radius 1 is 1.47 bits per heavy atom. The molecule has 0 unspecified atom stereocenters. The molecule has 0 aliphatic heterocycles. The number of nitrogens with two attached hydrogens (primary N) is 1. The van der Waals surface area contributed by atoms with Crippen LogP contribution in [0.5, 0.6) is 11.5 Å². The first-order chi connectivity index (χ1) is 6.72. The Morgan fingerprint density at radius 3 is 2.60 bits per heavy atom. The second-order valence-electron chi connectivity index (χ2n) is 3.79. The van der Waals surface area contributed by atoms with E-state index in [1.54, 1.807) is 13.2 Å². The molecular formula is C11H16ClNO2. The largest absolute Gasteiger partial charge is 0.507 e. The van der Waals surface area contributed by atoms with Crippen LogP contribution in [0.4, 0.5) is 0 Å². The smallest absolute Gasteiger partial charge is 0.124 e. The fourth-order valence-electron chi connectivity index (χ4n) is 1.64. The van der Waals surface area contributed by atoms with E-state index in [9.17, 15) is 5.11 Å². The molecule has 4 heteroatoms. The minimum atomic E-state index is -0.0269. The summed E-state index contributed by atoms with van der Waals surface area (Å²) in [5, 5.41) is 9.71. The van der Waals surface area contributed by atoms with E-state index < -0.39 is 0 Å². The van der Waals surface area contributed by atoms with Gasteiger partial charge in [-0.15, -0.1) is 12.4 Å². The van der Waals surface area contributed by atoms with Gasteiger partial charge in [-0.05, 0) is 24.8 Å². The molecule has 15 heavy (non-hydrogen) atoms. The second-order valence-corrected chi connectivity index (χ2v) is 3.79. The third-order valence-corrected chi connectivity index (χ3v) is 2.73. The van der Waals surface area contributed by atoms with E-state index >= 15 is 0 Å². The van der Waals surface area contributed by atoms with Crippen LogP contribution in [-0.2, 0) is 0 Å². The predicted molar refractivity (Wildman–Crippen MR) is 61.6 cm³/mol. The first-order valence-corrected chi connectivity index (χ1v) is 4.85. The molecule has 0 bridgehead atoms. The summed E-state index contributed by atoms with van der Waals surface area (Å²) in [5.41, 5.74) is 6.82. The second kappa shape index (κ2) is 4.73. The quantitative estimate of drug-likeness (QED) is 0.836. The molecule has 1 saturated carbocycles. The van der Waals surface area contributed by atoms with Crippen molar-refractivity contribution in [3.05, 3.63) is 23.8 Å². The minimum Gasteiger partial charge on any atom is -0.507 e. The predicted octanol–water partition coefficient (Wildman–Crippen LogP) is 2.23. The Kier molecular flexibility index (Phi) is 3.83. The number of methoxy groups -OCH3 is 1. The minimum absolute atomic E-state index is 0. The molecule has 1 fully saturated rings. The van der Waals surface area contributed by atoms with Gasteiger partial charge in [-0.25, -0.2) is 0 Å². The van der Waals surface area contributed by atoms with E-state index in [-0.39, 0.29) is 24.2 Å². The first-order valence-electron chi connectivity index (χ1n) is 4.85. The SMILES string of the molecule is COc1ccc([C@H](N)C2CC2)c(O)c1.Cl. The summed E-state index contributed by atoms with van der Waals surface area (Å²) in [4.78, 5) is 0.